The third kappa shape index (κ3) is 4.15. The van der Waals surface area contributed by atoms with Crippen molar-refractivity contribution in [3.05, 3.63) is 59.0 Å². The summed E-state index contributed by atoms with van der Waals surface area (Å²) in [5.41, 5.74) is 1.51. The first-order chi connectivity index (χ1) is 13.1. The zero-order valence-electron chi connectivity index (χ0n) is 15.0. The van der Waals surface area contributed by atoms with Gasteiger partial charge < -0.3 is 9.47 Å². The molecule has 1 aliphatic heterocycles. The summed E-state index contributed by atoms with van der Waals surface area (Å²) in [6, 6.07) is 15.0. The Morgan fingerprint density at radius 2 is 2.00 bits per heavy atom. The first-order valence-corrected chi connectivity index (χ1v) is 9.00. The van der Waals surface area contributed by atoms with Crippen LogP contribution in [-0.2, 0) is 4.79 Å². The van der Waals surface area contributed by atoms with E-state index in [1.54, 1.807) is 26.3 Å². The minimum atomic E-state index is -0.125. The molecule has 1 amide bonds. The number of nitrogens with zero attached hydrogens (tertiary/aromatic N) is 2. The second kappa shape index (κ2) is 8.47. The molecule has 1 fully saturated rings. The summed E-state index contributed by atoms with van der Waals surface area (Å²) in [6.45, 7) is 0.109. The molecule has 0 N–H and O–H groups in total. The number of terminal acetylenes is 1. The predicted octanol–water partition coefficient (Wildman–Crippen LogP) is 3.94. The van der Waals surface area contributed by atoms with E-state index >= 15 is 0 Å². The molecule has 1 heterocycles. The van der Waals surface area contributed by atoms with E-state index in [4.69, 9.17) is 15.9 Å². The van der Waals surface area contributed by atoms with Gasteiger partial charge in [-0.05, 0) is 36.0 Å². The number of ether oxygens (including phenoxy) is 2. The largest absolute Gasteiger partial charge is 0.493 e. The van der Waals surface area contributed by atoms with Crippen LogP contribution in [0.25, 0.3) is 6.08 Å². The van der Waals surface area contributed by atoms with E-state index in [0.29, 0.717) is 21.6 Å². The molecular weight excluding hydrogens is 360 g/mol. The SMILES string of the molecule is C#CCOc1c(C=C2SC(=Nc3ccccc3)N(C)C2=O)cccc1OC. The molecule has 136 valence electrons. The number of aliphatic imine (C=N–C) groups is 1. The maximum Gasteiger partial charge on any atom is 0.266 e. The smallest absolute Gasteiger partial charge is 0.266 e. The van der Waals surface area contributed by atoms with Crippen molar-refractivity contribution in [3.8, 4) is 23.8 Å². The molecule has 3 rings (SSSR count). The quantitative estimate of drug-likeness (QED) is 0.584. The molecule has 0 saturated carbocycles. The first-order valence-electron chi connectivity index (χ1n) is 8.18. The second-order valence-corrected chi connectivity index (χ2v) is 6.59. The van der Waals surface area contributed by atoms with Gasteiger partial charge in [-0.3, -0.25) is 9.69 Å². The second-order valence-electron chi connectivity index (χ2n) is 5.58. The fraction of sp³-hybridized carbons (Fsp3) is 0.143. The highest BCUT2D eigenvalue weighted by molar-refractivity contribution is 8.18. The van der Waals surface area contributed by atoms with Gasteiger partial charge in [0, 0.05) is 12.6 Å². The van der Waals surface area contributed by atoms with Gasteiger partial charge in [0.1, 0.15) is 6.61 Å². The minimum Gasteiger partial charge on any atom is -0.493 e. The number of hydrogen-bond acceptors (Lipinski definition) is 5. The van der Waals surface area contributed by atoms with Gasteiger partial charge in [0.2, 0.25) is 0 Å². The van der Waals surface area contributed by atoms with Crippen LogP contribution in [0, 0.1) is 12.3 Å². The molecule has 1 aliphatic rings. The number of amidine groups is 1. The van der Waals surface area contributed by atoms with Crippen molar-refractivity contribution in [1.82, 2.24) is 4.90 Å². The van der Waals surface area contributed by atoms with Gasteiger partial charge >= 0.3 is 0 Å². The molecular formula is C21H18N2O3S. The number of thioether (sulfide) groups is 1. The Hall–Kier alpha value is -3.17. The van der Waals surface area contributed by atoms with Crippen molar-refractivity contribution in [3.63, 3.8) is 0 Å². The summed E-state index contributed by atoms with van der Waals surface area (Å²) in [5, 5.41) is 0.617. The van der Waals surface area contributed by atoms with Gasteiger partial charge in [0.15, 0.2) is 16.7 Å². The van der Waals surface area contributed by atoms with E-state index in [-0.39, 0.29) is 12.5 Å². The normalized spacial score (nSPS) is 16.6. The van der Waals surface area contributed by atoms with E-state index in [9.17, 15) is 4.79 Å². The Balaban J connectivity index is 1.95. The Kier molecular flexibility index (Phi) is 5.84. The lowest BCUT2D eigenvalue weighted by Crippen LogP contribution is -2.23. The summed E-state index contributed by atoms with van der Waals surface area (Å²) in [5.74, 6) is 3.38. The van der Waals surface area contributed by atoms with Crippen molar-refractivity contribution in [1.29, 1.82) is 0 Å². The van der Waals surface area contributed by atoms with Crippen molar-refractivity contribution in [2.75, 3.05) is 20.8 Å². The van der Waals surface area contributed by atoms with Gasteiger partial charge in [-0.1, -0.05) is 36.3 Å². The number of para-hydroxylation sites is 2. The maximum absolute atomic E-state index is 12.6. The number of carbonyl (C=O) groups excluding carboxylic acids is 1. The van der Waals surface area contributed by atoms with E-state index in [1.807, 2.05) is 42.5 Å². The fourth-order valence-electron chi connectivity index (χ4n) is 2.48. The van der Waals surface area contributed by atoms with Crippen LogP contribution in [0.4, 0.5) is 5.69 Å². The van der Waals surface area contributed by atoms with Gasteiger partial charge in [0.25, 0.3) is 5.91 Å². The number of rotatable bonds is 5. The zero-order valence-corrected chi connectivity index (χ0v) is 15.8. The average Bonchev–Trinajstić information content (AvgIpc) is 2.95. The highest BCUT2D eigenvalue weighted by Crippen LogP contribution is 2.37. The van der Waals surface area contributed by atoms with Gasteiger partial charge in [-0.15, -0.1) is 6.42 Å². The molecule has 2 aromatic rings. The van der Waals surface area contributed by atoms with Crippen LogP contribution < -0.4 is 9.47 Å². The standard InChI is InChI=1S/C21H18N2O3S/c1-4-13-26-19-15(9-8-12-17(19)25-3)14-18-20(24)23(2)21(27-18)22-16-10-6-5-7-11-16/h1,5-12,14H,13H2,2-3H3. The molecule has 0 unspecified atom stereocenters. The van der Waals surface area contributed by atoms with Crippen LogP contribution in [0.2, 0.25) is 0 Å². The Morgan fingerprint density at radius 3 is 2.70 bits per heavy atom. The molecule has 2 aromatic carbocycles. The summed E-state index contributed by atoms with van der Waals surface area (Å²) >= 11 is 1.31. The van der Waals surface area contributed by atoms with Gasteiger partial charge in [0.05, 0.1) is 17.7 Å². The van der Waals surface area contributed by atoms with Crippen LogP contribution in [0.15, 0.2) is 58.4 Å². The van der Waals surface area contributed by atoms with E-state index in [0.717, 1.165) is 11.3 Å². The van der Waals surface area contributed by atoms with Crippen LogP contribution in [0.1, 0.15) is 5.56 Å². The number of benzene rings is 2. The summed E-state index contributed by atoms with van der Waals surface area (Å²) < 4.78 is 11.0. The van der Waals surface area contributed by atoms with Crippen molar-refractivity contribution in [2.24, 2.45) is 4.99 Å². The minimum absolute atomic E-state index is 0.109. The summed E-state index contributed by atoms with van der Waals surface area (Å²) in [6.07, 6.45) is 7.07. The number of amides is 1. The number of likely N-dealkylation sites (N-methyl/N-ethyl adjacent to an activating group) is 1. The molecule has 0 bridgehead atoms. The number of methoxy groups -OCH3 is 1. The van der Waals surface area contributed by atoms with Gasteiger partial charge in [-0.2, -0.15) is 0 Å². The zero-order chi connectivity index (χ0) is 19.2. The molecule has 0 aliphatic carbocycles. The maximum atomic E-state index is 12.6. The van der Waals surface area contributed by atoms with E-state index < -0.39 is 0 Å². The first kappa shape index (κ1) is 18.6. The molecule has 27 heavy (non-hydrogen) atoms. The highest BCUT2D eigenvalue weighted by atomic mass is 32.2. The number of hydrogen-bond donors (Lipinski definition) is 0. The van der Waals surface area contributed by atoms with Gasteiger partial charge in [-0.25, -0.2) is 4.99 Å². The van der Waals surface area contributed by atoms with Crippen LogP contribution in [0.5, 0.6) is 11.5 Å². The molecule has 5 nitrogen and oxygen atoms in total. The van der Waals surface area contributed by atoms with Crippen molar-refractivity contribution in [2.45, 2.75) is 0 Å². The molecule has 1 saturated heterocycles. The Morgan fingerprint density at radius 1 is 1.22 bits per heavy atom. The Bertz CT molecular complexity index is 946. The lowest BCUT2D eigenvalue weighted by molar-refractivity contribution is -0.121. The fourth-order valence-corrected chi connectivity index (χ4v) is 3.46. The summed E-state index contributed by atoms with van der Waals surface area (Å²) in [4.78, 5) is 19.3. The molecule has 0 aromatic heterocycles. The third-order valence-corrected chi connectivity index (χ3v) is 4.86. The third-order valence-electron chi connectivity index (χ3n) is 3.80. The lowest BCUT2D eigenvalue weighted by atomic mass is 10.1. The van der Waals surface area contributed by atoms with Crippen molar-refractivity contribution < 1.29 is 14.3 Å². The molecule has 0 radical (unpaired) electrons. The molecule has 0 spiro atoms. The Labute approximate surface area is 162 Å². The topological polar surface area (TPSA) is 51.1 Å². The molecule has 0 atom stereocenters. The molecule has 6 heteroatoms. The number of carbonyl (C=O) groups is 1. The van der Waals surface area contributed by atoms with Crippen LogP contribution in [-0.4, -0.2) is 36.7 Å². The van der Waals surface area contributed by atoms with E-state index in [1.165, 1.54) is 16.7 Å². The monoisotopic (exact) mass is 378 g/mol. The van der Waals surface area contributed by atoms with Crippen LogP contribution >= 0.6 is 11.8 Å². The highest BCUT2D eigenvalue weighted by Gasteiger charge is 2.30. The van der Waals surface area contributed by atoms with E-state index in [2.05, 4.69) is 10.9 Å². The van der Waals surface area contributed by atoms with Crippen LogP contribution in [0.3, 0.4) is 0 Å². The lowest BCUT2D eigenvalue weighted by Gasteiger charge is -2.11. The average molecular weight is 378 g/mol. The summed E-state index contributed by atoms with van der Waals surface area (Å²) in [7, 11) is 3.27. The predicted molar refractivity (Wildman–Crippen MR) is 109 cm³/mol. The van der Waals surface area contributed by atoms with Crippen molar-refractivity contribution >= 4 is 34.6 Å².